The van der Waals surface area contributed by atoms with E-state index in [1.807, 2.05) is 36.4 Å². The molecule has 2 nitrogen and oxygen atoms in total. The van der Waals surface area contributed by atoms with Crippen LogP contribution in [0.25, 0.3) is 0 Å². The Kier molecular flexibility index (Phi) is 4.62. The highest BCUT2D eigenvalue weighted by atomic mass is 16.3. The summed E-state index contributed by atoms with van der Waals surface area (Å²) in [6, 6.07) is 31.4. The molecule has 0 amide bonds. The van der Waals surface area contributed by atoms with E-state index in [0.29, 0.717) is 6.04 Å². The molecule has 0 spiro atoms. The lowest BCUT2D eigenvalue weighted by Crippen LogP contribution is -3.23. The average molecular weight is 344 g/mol. The van der Waals surface area contributed by atoms with E-state index in [2.05, 4.69) is 61.5 Å². The zero-order valence-electron chi connectivity index (χ0n) is 15.2. The van der Waals surface area contributed by atoms with Gasteiger partial charge in [0.1, 0.15) is 12.1 Å². The Balaban J connectivity index is 1.73. The van der Waals surface area contributed by atoms with Crippen LogP contribution < -0.4 is 4.90 Å². The topological polar surface area (TPSA) is 24.7 Å². The van der Waals surface area contributed by atoms with Crippen molar-refractivity contribution in [3.8, 4) is 0 Å². The third-order valence-electron chi connectivity index (χ3n) is 5.96. The van der Waals surface area contributed by atoms with Crippen LogP contribution in [0.2, 0.25) is 0 Å². The van der Waals surface area contributed by atoms with Gasteiger partial charge in [0.2, 0.25) is 0 Å². The molecule has 3 aromatic carbocycles. The van der Waals surface area contributed by atoms with E-state index in [-0.39, 0.29) is 6.04 Å². The molecule has 1 unspecified atom stereocenters. The van der Waals surface area contributed by atoms with Gasteiger partial charge in [-0.05, 0) is 18.1 Å². The number of aliphatic hydroxyl groups is 1. The van der Waals surface area contributed by atoms with Crippen molar-refractivity contribution in [1.82, 2.24) is 0 Å². The van der Waals surface area contributed by atoms with Crippen molar-refractivity contribution in [1.29, 1.82) is 0 Å². The minimum atomic E-state index is -0.973. The second-order valence-corrected chi connectivity index (χ2v) is 7.30. The van der Waals surface area contributed by atoms with Crippen LogP contribution in [0.15, 0.2) is 91.0 Å². The summed E-state index contributed by atoms with van der Waals surface area (Å²) in [4.78, 5) is 1.45. The van der Waals surface area contributed by atoms with Crippen LogP contribution in [0.4, 0.5) is 0 Å². The van der Waals surface area contributed by atoms with Gasteiger partial charge in [0, 0.05) is 5.56 Å². The maximum absolute atomic E-state index is 12.0. The molecular weight excluding hydrogens is 318 g/mol. The highest BCUT2D eigenvalue weighted by Crippen LogP contribution is 2.35. The largest absolute Gasteiger partial charge is 0.374 e. The number of hydrogen-bond acceptors (Lipinski definition) is 1. The third kappa shape index (κ3) is 2.86. The highest BCUT2D eigenvalue weighted by molar-refractivity contribution is 5.38. The second kappa shape index (κ2) is 7.06. The van der Waals surface area contributed by atoms with Gasteiger partial charge < -0.3 is 10.0 Å². The standard InChI is InChI=1S/C24H25NO/c1-19(20-11-5-2-6-12-20)25-18-17-23(25)24(26,21-13-7-3-8-14-21)22-15-9-4-10-16-22/h2-16,19,23,26H,17-18H2,1H3/p+1/t19-,23-/m0/s1. The molecule has 0 aromatic heterocycles. The zero-order chi connectivity index (χ0) is 18.0. The normalized spacial score (nSPS) is 21.0. The van der Waals surface area contributed by atoms with Crippen LogP contribution >= 0.6 is 0 Å². The predicted molar refractivity (Wildman–Crippen MR) is 105 cm³/mol. The first-order valence-corrected chi connectivity index (χ1v) is 9.45. The fourth-order valence-corrected chi connectivity index (χ4v) is 4.36. The highest BCUT2D eigenvalue weighted by Gasteiger charge is 2.53. The van der Waals surface area contributed by atoms with Gasteiger partial charge in [0.05, 0.1) is 13.0 Å². The van der Waals surface area contributed by atoms with Crippen molar-refractivity contribution in [3.63, 3.8) is 0 Å². The summed E-state index contributed by atoms with van der Waals surface area (Å²) >= 11 is 0. The maximum atomic E-state index is 12.0. The van der Waals surface area contributed by atoms with Crippen LogP contribution in [0, 0.1) is 0 Å². The van der Waals surface area contributed by atoms with Gasteiger partial charge in [-0.15, -0.1) is 0 Å². The number of rotatable bonds is 5. The lowest BCUT2D eigenvalue weighted by Gasteiger charge is -2.49. The van der Waals surface area contributed by atoms with Gasteiger partial charge in [-0.25, -0.2) is 0 Å². The van der Waals surface area contributed by atoms with Crippen molar-refractivity contribution in [3.05, 3.63) is 108 Å². The summed E-state index contributed by atoms with van der Waals surface area (Å²) in [6.07, 6.45) is 1.02. The third-order valence-corrected chi connectivity index (χ3v) is 5.96. The SMILES string of the molecule is C[C@@H](c1ccccc1)[NH+]1CC[C@H]1C(O)(c1ccccc1)c1ccccc1. The summed E-state index contributed by atoms with van der Waals surface area (Å²) in [5.74, 6) is 0. The molecule has 1 saturated heterocycles. The number of nitrogens with one attached hydrogen (secondary N) is 1. The lowest BCUT2D eigenvalue weighted by atomic mass is 9.74. The summed E-state index contributed by atoms with van der Waals surface area (Å²) in [5.41, 5.74) is 2.32. The Labute approximate surface area is 155 Å². The minimum absolute atomic E-state index is 0.141. The van der Waals surface area contributed by atoms with Gasteiger partial charge in [0.25, 0.3) is 0 Å². The molecule has 2 heteroatoms. The summed E-state index contributed by atoms with van der Waals surface area (Å²) in [7, 11) is 0. The molecule has 1 heterocycles. The first-order chi connectivity index (χ1) is 12.7. The monoisotopic (exact) mass is 344 g/mol. The van der Waals surface area contributed by atoms with Crippen molar-refractivity contribution >= 4 is 0 Å². The molecule has 2 N–H and O–H groups in total. The van der Waals surface area contributed by atoms with E-state index in [1.54, 1.807) is 0 Å². The molecular formula is C24H26NO+. The van der Waals surface area contributed by atoms with Crippen molar-refractivity contribution < 1.29 is 10.0 Å². The fourth-order valence-electron chi connectivity index (χ4n) is 4.36. The van der Waals surface area contributed by atoms with E-state index in [9.17, 15) is 5.11 Å². The maximum Gasteiger partial charge on any atom is 0.167 e. The molecule has 1 aliphatic rings. The Morgan fingerprint density at radius 2 is 1.27 bits per heavy atom. The Morgan fingerprint density at radius 1 is 0.808 bits per heavy atom. The summed E-state index contributed by atoms with van der Waals surface area (Å²) in [5, 5.41) is 12.0. The van der Waals surface area contributed by atoms with E-state index in [1.165, 1.54) is 10.5 Å². The van der Waals surface area contributed by atoms with Crippen LogP contribution in [-0.2, 0) is 5.60 Å². The Bertz CT molecular complexity index is 792. The number of likely N-dealkylation sites (tertiary alicyclic amines) is 1. The first kappa shape index (κ1) is 17.0. The van der Waals surface area contributed by atoms with E-state index in [0.717, 1.165) is 24.1 Å². The van der Waals surface area contributed by atoms with Crippen LogP contribution in [-0.4, -0.2) is 17.7 Å². The van der Waals surface area contributed by atoms with E-state index in [4.69, 9.17) is 0 Å². The average Bonchev–Trinajstić information content (AvgIpc) is 2.69. The quantitative estimate of drug-likeness (QED) is 0.729. The molecule has 0 bridgehead atoms. The van der Waals surface area contributed by atoms with Crippen LogP contribution in [0.1, 0.15) is 36.1 Å². The molecule has 0 aliphatic carbocycles. The molecule has 3 atom stereocenters. The summed E-state index contributed by atoms with van der Waals surface area (Å²) in [6.45, 7) is 3.36. The van der Waals surface area contributed by atoms with Gasteiger partial charge in [0.15, 0.2) is 5.60 Å². The summed E-state index contributed by atoms with van der Waals surface area (Å²) < 4.78 is 0. The second-order valence-electron chi connectivity index (χ2n) is 7.30. The molecule has 132 valence electrons. The Hall–Kier alpha value is -2.42. The van der Waals surface area contributed by atoms with Crippen molar-refractivity contribution in [2.75, 3.05) is 6.54 Å². The predicted octanol–water partition coefficient (Wildman–Crippen LogP) is 3.34. The Morgan fingerprint density at radius 3 is 1.69 bits per heavy atom. The van der Waals surface area contributed by atoms with Gasteiger partial charge >= 0.3 is 0 Å². The van der Waals surface area contributed by atoms with E-state index < -0.39 is 5.60 Å². The lowest BCUT2D eigenvalue weighted by molar-refractivity contribution is -1.00. The molecule has 3 aromatic rings. The number of benzene rings is 3. The van der Waals surface area contributed by atoms with Gasteiger partial charge in [-0.1, -0.05) is 91.0 Å². The number of quaternary nitrogens is 1. The van der Waals surface area contributed by atoms with Crippen molar-refractivity contribution in [2.45, 2.75) is 31.0 Å². The fraction of sp³-hybridized carbons (Fsp3) is 0.250. The molecule has 26 heavy (non-hydrogen) atoms. The molecule has 4 rings (SSSR count). The molecule has 0 radical (unpaired) electrons. The van der Waals surface area contributed by atoms with Crippen molar-refractivity contribution in [2.24, 2.45) is 0 Å². The molecule has 1 fully saturated rings. The first-order valence-electron chi connectivity index (χ1n) is 9.45. The van der Waals surface area contributed by atoms with Crippen LogP contribution in [0.3, 0.4) is 0 Å². The van der Waals surface area contributed by atoms with Crippen LogP contribution in [0.5, 0.6) is 0 Å². The zero-order valence-corrected chi connectivity index (χ0v) is 15.2. The minimum Gasteiger partial charge on any atom is -0.374 e. The van der Waals surface area contributed by atoms with Gasteiger partial charge in [-0.2, -0.15) is 0 Å². The van der Waals surface area contributed by atoms with Gasteiger partial charge in [-0.3, -0.25) is 0 Å². The van der Waals surface area contributed by atoms with E-state index >= 15 is 0 Å². The molecule has 0 saturated carbocycles. The number of hydrogen-bond donors (Lipinski definition) is 2. The molecule has 1 aliphatic heterocycles. The smallest absolute Gasteiger partial charge is 0.167 e.